The molecule has 0 aliphatic carbocycles. The van der Waals surface area contributed by atoms with Crippen molar-refractivity contribution in [3.63, 3.8) is 0 Å². The monoisotopic (exact) mass is 383 g/mol. The molecule has 0 aromatic heterocycles. The smallest absolute Gasteiger partial charge is 0.271 e. The molecule has 0 atom stereocenters. The molecule has 0 saturated carbocycles. The summed E-state index contributed by atoms with van der Waals surface area (Å²) in [6.07, 6.45) is 1.33. The van der Waals surface area contributed by atoms with Gasteiger partial charge in [0.15, 0.2) is 0 Å². The molecule has 10 heteroatoms. The molecule has 1 aromatic carbocycles. The molecular formula is C16H21N3O6S. The van der Waals surface area contributed by atoms with E-state index in [2.05, 4.69) is 0 Å². The summed E-state index contributed by atoms with van der Waals surface area (Å²) in [6.45, 7) is 1.75. The van der Waals surface area contributed by atoms with E-state index in [9.17, 15) is 23.3 Å². The van der Waals surface area contributed by atoms with E-state index in [4.69, 9.17) is 4.74 Å². The summed E-state index contributed by atoms with van der Waals surface area (Å²) >= 11 is 0. The van der Waals surface area contributed by atoms with E-state index < -0.39 is 14.9 Å². The third-order valence-corrected chi connectivity index (χ3v) is 6.51. The van der Waals surface area contributed by atoms with Crippen LogP contribution >= 0.6 is 0 Å². The van der Waals surface area contributed by atoms with Crippen molar-refractivity contribution in [2.24, 2.45) is 0 Å². The molecule has 2 aliphatic heterocycles. The van der Waals surface area contributed by atoms with E-state index in [1.54, 1.807) is 6.07 Å². The molecular weight excluding hydrogens is 362 g/mol. The fraction of sp³-hybridized carbons (Fsp3) is 0.562. The zero-order valence-electron chi connectivity index (χ0n) is 14.3. The normalized spacial score (nSPS) is 18.4. The molecule has 0 radical (unpaired) electrons. The van der Waals surface area contributed by atoms with E-state index in [0.717, 1.165) is 18.4 Å². The van der Waals surface area contributed by atoms with Crippen LogP contribution in [0.2, 0.25) is 0 Å². The number of morpholine rings is 1. The Hall–Kier alpha value is -2.04. The van der Waals surface area contributed by atoms with E-state index >= 15 is 0 Å². The minimum Gasteiger partial charge on any atom is -0.379 e. The number of amides is 1. The fourth-order valence-electron chi connectivity index (χ4n) is 3.24. The molecule has 9 nitrogen and oxygen atoms in total. The van der Waals surface area contributed by atoms with Crippen molar-refractivity contribution >= 4 is 27.3 Å². The number of anilines is 1. The second-order valence-electron chi connectivity index (χ2n) is 6.30. The maximum Gasteiger partial charge on any atom is 0.271 e. The number of hydrogen-bond acceptors (Lipinski definition) is 6. The highest BCUT2D eigenvalue weighted by molar-refractivity contribution is 7.89. The largest absolute Gasteiger partial charge is 0.379 e. The van der Waals surface area contributed by atoms with Gasteiger partial charge in [-0.05, 0) is 18.4 Å². The summed E-state index contributed by atoms with van der Waals surface area (Å²) in [6, 6.07) is 4.48. The maximum absolute atomic E-state index is 12.6. The van der Waals surface area contributed by atoms with Gasteiger partial charge in [0.25, 0.3) is 5.69 Å². The molecule has 1 saturated heterocycles. The molecule has 3 rings (SSSR count). The van der Waals surface area contributed by atoms with Crippen molar-refractivity contribution in [2.75, 3.05) is 43.5 Å². The van der Waals surface area contributed by atoms with Gasteiger partial charge in [-0.2, -0.15) is 4.31 Å². The summed E-state index contributed by atoms with van der Waals surface area (Å²) in [5.74, 6) is -0.602. The van der Waals surface area contributed by atoms with Gasteiger partial charge >= 0.3 is 0 Å². The van der Waals surface area contributed by atoms with Gasteiger partial charge in [-0.3, -0.25) is 14.9 Å². The molecule has 0 N–H and O–H groups in total. The predicted octanol–water partition coefficient (Wildman–Crippen LogP) is 0.926. The molecule has 2 heterocycles. The minimum atomic E-state index is -3.52. The van der Waals surface area contributed by atoms with Crippen LogP contribution in [0, 0.1) is 10.1 Å². The molecule has 1 amide bonds. The number of carbonyl (C=O) groups excluding carboxylic acids is 1. The number of hydrogen-bond donors (Lipinski definition) is 0. The standard InChI is InChI=1S/C16H21N3O6S/c20-16(5-11-26(23,24)17-7-9-25-10-8-17)18-6-1-2-13-3-4-14(19(21)22)12-15(13)18/h3-4,12H,1-2,5-11H2. The molecule has 0 spiro atoms. The number of rotatable bonds is 5. The number of nitro benzene ring substituents is 1. The first-order valence-corrected chi connectivity index (χ1v) is 10.1. The first-order valence-electron chi connectivity index (χ1n) is 8.52. The lowest BCUT2D eigenvalue weighted by Gasteiger charge is -2.30. The summed E-state index contributed by atoms with van der Waals surface area (Å²) in [5, 5.41) is 11.0. The molecule has 0 bridgehead atoms. The molecule has 1 aromatic rings. The average molecular weight is 383 g/mol. The van der Waals surface area contributed by atoms with Crippen molar-refractivity contribution in [1.82, 2.24) is 4.31 Å². The Morgan fingerprint density at radius 3 is 2.65 bits per heavy atom. The zero-order valence-corrected chi connectivity index (χ0v) is 15.1. The van der Waals surface area contributed by atoms with Crippen molar-refractivity contribution in [2.45, 2.75) is 19.3 Å². The quantitative estimate of drug-likeness (QED) is 0.552. The van der Waals surface area contributed by atoms with Crippen LogP contribution in [0.15, 0.2) is 18.2 Å². The Labute approximate surface area is 151 Å². The van der Waals surface area contributed by atoms with Gasteiger partial charge in [0.1, 0.15) is 0 Å². The number of nitro groups is 1. The number of ether oxygens (including phenoxy) is 1. The lowest BCUT2D eigenvalue weighted by molar-refractivity contribution is -0.384. The highest BCUT2D eigenvalue weighted by atomic mass is 32.2. The summed E-state index contributed by atoms with van der Waals surface area (Å²) < 4.78 is 31.2. The van der Waals surface area contributed by atoms with E-state index in [1.807, 2.05) is 0 Å². The molecule has 26 heavy (non-hydrogen) atoms. The zero-order chi connectivity index (χ0) is 18.7. The van der Waals surface area contributed by atoms with Crippen molar-refractivity contribution < 1.29 is 22.9 Å². The van der Waals surface area contributed by atoms with Gasteiger partial charge in [-0.25, -0.2) is 8.42 Å². The second-order valence-corrected chi connectivity index (χ2v) is 8.38. The van der Waals surface area contributed by atoms with Crippen molar-refractivity contribution in [3.05, 3.63) is 33.9 Å². The Morgan fingerprint density at radius 2 is 1.96 bits per heavy atom. The Balaban J connectivity index is 1.71. The van der Waals surface area contributed by atoms with Gasteiger partial charge in [0, 0.05) is 38.2 Å². The first-order chi connectivity index (χ1) is 12.4. The lowest BCUT2D eigenvalue weighted by Crippen LogP contribution is -2.43. The number of benzene rings is 1. The van der Waals surface area contributed by atoms with Crippen LogP contribution in [0.4, 0.5) is 11.4 Å². The van der Waals surface area contributed by atoms with Crippen LogP contribution in [0.3, 0.4) is 0 Å². The summed E-state index contributed by atoms with van der Waals surface area (Å²) in [5.41, 5.74) is 1.30. The maximum atomic E-state index is 12.6. The SMILES string of the molecule is O=C(CCS(=O)(=O)N1CCOCC1)N1CCCc2ccc([N+](=O)[O-])cc21. The molecule has 142 valence electrons. The number of fused-ring (bicyclic) bond motifs is 1. The Bertz CT molecular complexity index is 804. The second kappa shape index (κ2) is 7.68. The third kappa shape index (κ3) is 4.02. The fourth-order valence-corrected chi connectivity index (χ4v) is 4.64. The van der Waals surface area contributed by atoms with Crippen LogP contribution in [0.1, 0.15) is 18.4 Å². The topological polar surface area (TPSA) is 110 Å². The number of nitrogens with zero attached hydrogens (tertiary/aromatic N) is 3. The predicted molar refractivity (Wildman–Crippen MR) is 94.6 cm³/mol. The van der Waals surface area contributed by atoms with Crippen molar-refractivity contribution in [3.8, 4) is 0 Å². The summed E-state index contributed by atoms with van der Waals surface area (Å²) in [7, 11) is -3.52. The van der Waals surface area contributed by atoms with Crippen LogP contribution in [-0.4, -0.2) is 62.2 Å². The van der Waals surface area contributed by atoms with E-state index in [1.165, 1.54) is 21.3 Å². The van der Waals surface area contributed by atoms with Gasteiger partial charge in [-0.15, -0.1) is 0 Å². The average Bonchev–Trinajstić information content (AvgIpc) is 2.66. The number of non-ortho nitro benzene ring substituents is 1. The highest BCUT2D eigenvalue weighted by Crippen LogP contribution is 2.31. The van der Waals surface area contributed by atoms with Crippen LogP contribution < -0.4 is 4.90 Å². The van der Waals surface area contributed by atoms with Crippen LogP contribution in [0.5, 0.6) is 0 Å². The highest BCUT2D eigenvalue weighted by Gasteiger charge is 2.28. The number of aryl methyl sites for hydroxylation is 1. The molecule has 0 unspecified atom stereocenters. The van der Waals surface area contributed by atoms with Gasteiger partial charge in [-0.1, -0.05) is 6.07 Å². The first kappa shape index (κ1) is 18.7. The van der Waals surface area contributed by atoms with Crippen molar-refractivity contribution in [1.29, 1.82) is 0 Å². The Morgan fingerprint density at radius 1 is 1.23 bits per heavy atom. The van der Waals surface area contributed by atoms with Gasteiger partial charge in [0.2, 0.25) is 15.9 Å². The summed E-state index contributed by atoms with van der Waals surface area (Å²) in [4.78, 5) is 24.6. The van der Waals surface area contributed by atoms with Gasteiger partial charge in [0.05, 0.1) is 29.6 Å². The lowest BCUT2D eigenvalue weighted by atomic mass is 10.0. The van der Waals surface area contributed by atoms with Crippen LogP contribution in [-0.2, 0) is 26.0 Å². The van der Waals surface area contributed by atoms with Gasteiger partial charge < -0.3 is 9.64 Å². The number of carbonyl (C=O) groups is 1. The number of sulfonamides is 1. The van der Waals surface area contributed by atoms with Crippen LogP contribution in [0.25, 0.3) is 0 Å². The Kier molecular flexibility index (Phi) is 5.54. The molecule has 2 aliphatic rings. The van der Waals surface area contributed by atoms with E-state index in [0.29, 0.717) is 38.5 Å². The van der Waals surface area contributed by atoms with E-state index in [-0.39, 0.29) is 23.8 Å². The third-order valence-electron chi connectivity index (χ3n) is 4.64. The minimum absolute atomic E-state index is 0.0793. The molecule has 1 fully saturated rings.